The highest BCUT2D eigenvalue weighted by Gasteiger charge is 2.26. The lowest BCUT2D eigenvalue weighted by molar-refractivity contribution is -0.128. The molecule has 0 aromatic rings. The molecule has 1 N–H and O–H groups in total. The number of rotatable bonds is 4. The van der Waals surface area contributed by atoms with E-state index in [9.17, 15) is 13.2 Å². The van der Waals surface area contributed by atoms with Crippen LogP contribution in [-0.4, -0.2) is 55.6 Å². The van der Waals surface area contributed by atoms with Crippen LogP contribution in [0.1, 0.15) is 39.0 Å². The molecule has 1 saturated carbocycles. The number of carbonyl (C=O) groups excluding carboxylic acids is 1. The molecule has 0 spiro atoms. The van der Waals surface area contributed by atoms with Gasteiger partial charge in [0.25, 0.3) is 0 Å². The Hall–Kier alpha value is -0.270. The van der Waals surface area contributed by atoms with Crippen molar-refractivity contribution < 1.29 is 13.2 Å². The third kappa shape index (κ3) is 5.79. The Morgan fingerprint density at radius 1 is 1.19 bits per heavy atom. The van der Waals surface area contributed by atoms with Gasteiger partial charge >= 0.3 is 0 Å². The van der Waals surface area contributed by atoms with Crippen molar-refractivity contribution in [2.45, 2.75) is 45.1 Å². The third-order valence-electron chi connectivity index (χ3n) is 4.25. The fourth-order valence-corrected chi connectivity index (χ4v) is 5.14. The Morgan fingerprint density at radius 3 is 2.62 bits per heavy atom. The molecule has 0 radical (unpaired) electrons. The van der Waals surface area contributed by atoms with Crippen LogP contribution in [0, 0.1) is 5.92 Å². The molecule has 5 nitrogen and oxygen atoms in total. The summed E-state index contributed by atoms with van der Waals surface area (Å²) < 4.78 is 27.0. The Bertz CT molecular complexity index is 437. The second kappa shape index (κ2) is 7.83. The predicted octanol–water partition coefficient (Wildman–Crippen LogP) is 1.45. The molecule has 1 aliphatic carbocycles. The van der Waals surface area contributed by atoms with Crippen molar-refractivity contribution in [3.8, 4) is 0 Å². The van der Waals surface area contributed by atoms with Gasteiger partial charge in [0.1, 0.15) is 5.75 Å². The molecule has 122 valence electrons. The van der Waals surface area contributed by atoms with Crippen LogP contribution in [0.2, 0.25) is 0 Å². The Balaban J connectivity index is 1.83. The molecule has 21 heavy (non-hydrogen) atoms. The van der Waals surface area contributed by atoms with E-state index in [1.54, 1.807) is 4.90 Å². The molecule has 0 unspecified atom stereocenters. The number of sulfonamides is 1. The van der Waals surface area contributed by atoms with Gasteiger partial charge in [0.15, 0.2) is 0 Å². The number of carbonyl (C=O) groups is 1. The molecule has 1 saturated heterocycles. The van der Waals surface area contributed by atoms with E-state index in [0.717, 1.165) is 43.6 Å². The molecule has 2 aliphatic rings. The van der Waals surface area contributed by atoms with Crippen LogP contribution >= 0.6 is 11.8 Å². The van der Waals surface area contributed by atoms with Crippen LogP contribution < -0.4 is 4.72 Å². The van der Waals surface area contributed by atoms with Gasteiger partial charge in [-0.15, -0.1) is 0 Å². The summed E-state index contributed by atoms with van der Waals surface area (Å²) in [6, 6.07) is 0.0127. The monoisotopic (exact) mass is 334 g/mol. The summed E-state index contributed by atoms with van der Waals surface area (Å²) in [6.45, 7) is 3.55. The van der Waals surface area contributed by atoms with Gasteiger partial charge < -0.3 is 4.90 Å². The summed E-state index contributed by atoms with van der Waals surface area (Å²) >= 11 is 1.82. The number of thioether (sulfide) groups is 1. The smallest absolute Gasteiger partial charge is 0.239 e. The average molecular weight is 335 g/mol. The van der Waals surface area contributed by atoms with E-state index in [-0.39, 0.29) is 11.9 Å². The van der Waals surface area contributed by atoms with Crippen LogP contribution in [0.25, 0.3) is 0 Å². The second-order valence-corrected chi connectivity index (χ2v) is 9.16. The summed E-state index contributed by atoms with van der Waals surface area (Å²) in [6.07, 6.45) is 4.84. The number of hydrogen-bond donors (Lipinski definition) is 1. The van der Waals surface area contributed by atoms with Gasteiger partial charge in [0, 0.05) is 24.9 Å². The first kappa shape index (κ1) is 17.1. The number of nitrogens with one attached hydrogen (secondary N) is 1. The molecule has 1 amide bonds. The van der Waals surface area contributed by atoms with Crippen LogP contribution in [0.15, 0.2) is 0 Å². The van der Waals surface area contributed by atoms with Crippen molar-refractivity contribution in [1.29, 1.82) is 0 Å². The summed E-state index contributed by atoms with van der Waals surface area (Å²) in [5, 5.41) is 0. The highest BCUT2D eigenvalue weighted by molar-refractivity contribution is 7.99. The van der Waals surface area contributed by atoms with E-state index in [1.807, 2.05) is 11.8 Å². The molecule has 2 fully saturated rings. The van der Waals surface area contributed by atoms with Crippen molar-refractivity contribution in [2.75, 3.05) is 30.3 Å². The molecule has 1 aliphatic heterocycles. The lowest BCUT2D eigenvalue weighted by Gasteiger charge is -2.27. The largest absolute Gasteiger partial charge is 0.341 e. The minimum atomic E-state index is -3.51. The first-order valence-electron chi connectivity index (χ1n) is 7.82. The number of hydrogen-bond acceptors (Lipinski definition) is 4. The molecule has 0 aromatic heterocycles. The Labute approximate surface area is 132 Å². The van der Waals surface area contributed by atoms with Crippen molar-refractivity contribution in [1.82, 2.24) is 9.62 Å². The fourth-order valence-electron chi connectivity index (χ4n) is 2.92. The molecule has 0 aromatic carbocycles. The zero-order valence-electron chi connectivity index (χ0n) is 12.7. The zero-order valence-corrected chi connectivity index (χ0v) is 14.3. The topological polar surface area (TPSA) is 66.5 Å². The maximum atomic E-state index is 12.2. The standard InChI is InChI=1S/C14H26N2O3S2/c1-12-3-5-13(6-4-12)15-21(18,19)11-14(17)16-7-2-9-20-10-8-16/h12-13,15H,2-11H2,1H3. The van der Waals surface area contributed by atoms with E-state index in [1.165, 1.54) is 0 Å². The van der Waals surface area contributed by atoms with Crippen LogP contribution in [0.5, 0.6) is 0 Å². The van der Waals surface area contributed by atoms with Gasteiger partial charge in [0.2, 0.25) is 15.9 Å². The SMILES string of the molecule is CC1CCC(NS(=O)(=O)CC(=O)N2CCCSCC2)CC1. The van der Waals surface area contributed by atoms with E-state index >= 15 is 0 Å². The first-order valence-corrected chi connectivity index (χ1v) is 10.6. The minimum absolute atomic E-state index is 0.0127. The quantitative estimate of drug-likeness (QED) is 0.845. The maximum absolute atomic E-state index is 12.2. The molecular weight excluding hydrogens is 308 g/mol. The number of amides is 1. The van der Waals surface area contributed by atoms with Crippen molar-refractivity contribution >= 4 is 27.7 Å². The summed E-state index contributed by atoms with van der Waals surface area (Å²) in [5.74, 6) is 1.98. The van der Waals surface area contributed by atoms with E-state index in [0.29, 0.717) is 19.0 Å². The van der Waals surface area contributed by atoms with Crippen molar-refractivity contribution in [3.05, 3.63) is 0 Å². The molecule has 7 heteroatoms. The second-order valence-electron chi connectivity index (χ2n) is 6.18. The lowest BCUT2D eigenvalue weighted by Crippen LogP contribution is -2.44. The lowest BCUT2D eigenvalue weighted by atomic mass is 9.88. The molecular formula is C14H26N2O3S2. The normalized spacial score (nSPS) is 28.1. The van der Waals surface area contributed by atoms with E-state index in [2.05, 4.69) is 11.6 Å². The van der Waals surface area contributed by atoms with E-state index in [4.69, 9.17) is 0 Å². The van der Waals surface area contributed by atoms with Gasteiger partial charge in [-0.25, -0.2) is 13.1 Å². The highest BCUT2D eigenvalue weighted by atomic mass is 32.2. The molecule has 1 heterocycles. The highest BCUT2D eigenvalue weighted by Crippen LogP contribution is 2.23. The van der Waals surface area contributed by atoms with Gasteiger partial charge in [-0.3, -0.25) is 4.79 Å². The predicted molar refractivity (Wildman–Crippen MR) is 86.9 cm³/mol. The van der Waals surface area contributed by atoms with E-state index < -0.39 is 15.8 Å². The summed E-state index contributed by atoms with van der Waals surface area (Å²) in [5.41, 5.74) is 0. The van der Waals surface area contributed by atoms with Gasteiger partial charge in [-0.05, 0) is 43.8 Å². The van der Waals surface area contributed by atoms with Crippen LogP contribution in [0.4, 0.5) is 0 Å². The third-order valence-corrected chi connectivity index (χ3v) is 6.62. The zero-order chi connectivity index (χ0) is 15.3. The summed E-state index contributed by atoms with van der Waals surface area (Å²) in [7, 11) is -3.51. The number of nitrogens with zero attached hydrogens (tertiary/aromatic N) is 1. The van der Waals surface area contributed by atoms with Gasteiger partial charge in [-0.2, -0.15) is 11.8 Å². The Kier molecular flexibility index (Phi) is 6.37. The Morgan fingerprint density at radius 2 is 1.90 bits per heavy atom. The molecule has 0 atom stereocenters. The first-order chi connectivity index (χ1) is 9.96. The fraction of sp³-hybridized carbons (Fsp3) is 0.929. The van der Waals surface area contributed by atoms with Crippen molar-refractivity contribution in [3.63, 3.8) is 0 Å². The van der Waals surface area contributed by atoms with Gasteiger partial charge in [0.05, 0.1) is 0 Å². The van der Waals surface area contributed by atoms with Crippen LogP contribution in [-0.2, 0) is 14.8 Å². The average Bonchev–Trinajstić information content (AvgIpc) is 2.69. The van der Waals surface area contributed by atoms with Crippen LogP contribution in [0.3, 0.4) is 0 Å². The maximum Gasteiger partial charge on any atom is 0.239 e. The minimum Gasteiger partial charge on any atom is -0.341 e. The molecule has 2 rings (SSSR count). The van der Waals surface area contributed by atoms with Crippen molar-refractivity contribution in [2.24, 2.45) is 5.92 Å². The van der Waals surface area contributed by atoms with Gasteiger partial charge in [-0.1, -0.05) is 6.92 Å². The molecule has 0 bridgehead atoms. The summed E-state index contributed by atoms with van der Waals surface area (Å²) in [4.78, 5) is 13.9.